The van der Waals surface area contributed by atoms with Crippen molar-refractivity contribution in [3.05, 3.63) is 0 Å². The highest BCUT2D eigenvalue weighted by molar-refractivity contribution is 7.99. The zero-order valence-electron chi connectivity index (χ0n) is 21.6. The lowest BCUT2D eigenvalue weighted by Gasteiger charge is -2.28. The van der Waals surface area contributed by atoms with Gasteiger partial charge in [0.05, 0.1) is 0 Å². The fraction of sp³-hybridized carbons (Fsp3) is 1.00. The molecule has 0 fully saturated rings. The summed E-state index contributed by atoms with van der Waals surface area (Å²) in [6.07, 6.45) is 5.15. The van der Waals surface area contributed by atoms with E-state index in [4.69, 9.17) is 26.6 Å². The Labute approximate surface area is 209 Å². The number of rotatable bonds is 25. The zero-order chi connectivity index (χ0) is 24.0. The number of unbranched alkanes of at least 4 members (excludes halogenated alkanes) is 3. The van der Waals surface area contributed by atoms with E-state index in [0.717, 1.165) is 23.6 Å². The van der Waals surface area contributed by atoms with Gasteiger partial charge < -0.3 is 26.6 Å². The molecule has 0 N–H and O–H groups in total. The summed E-state index contributed by atoms with van der Waals surface area (Å²) in [5, 5.41) is 0. The highest BCUT2D eigenvalue weighted by atomic mass is 32.2. The molecule has 0 atom stereocenters. The standard InChI is InChI=1S/C22H50O6S2Si2/c1-7-23-31(24-8-2,25-9-3)21-19-29-17-15-13-14-16-18-30-20-22-32(26-10-4,27-11-5)28-12-6/h7-22H2,1-6H3. The summed E-state index contributed by atoms with van der Waals surface area (Å²) in [6, 6.07) is 1.81. The predicted octanol–water partition coefficient (Wildman–Crippen LogP) is 6.11. The molecule has 0 saturated carbocycles. The Balaban J connectivity index is 3.85. The van der Waals surface area contributed by atoms with E-state index in [0.29, 0.717) is 39.6 Å². The van der Waals surface area contributed by atoms with Gasteiger partial charge in [-0.05, 0) is 77.4 Å². The molecule has 0 aromatic carbocycles. The Morgan fingerprint density at radius 3 is 0.938 bits per heavy atom. The Kier molecular flexibility index (Phi) is 23.0. The first-order valence-electron chi connectivity index (χ1n) is 12.6. The summed E-state index contributed by atoms with van der Waals surface area (Å²) in [6.45, 7) is 16.0. The summed E-state index contributed by atoms with van der Waals surface area (Å²) in [5.41, 5.74) is 0. The molecule has 10 heteroatoms. The molecule has 0 bridgehead atoms. The first-order chi connectivity index (χ1) is 15.6. The quantitative estimate of drug-likeness (QED) is 0.103. The van der Waals surface area contributed by atoms with Crippen LogP contribution in [-0.4, -0.2) is 80.3 Å². The van der Waals surface area contributed by atoms with Gasteiger partial charge in [-0.15, -0.1) is 0 Å². The Morgan fingerprint density at radius 1 is 0.406 bits per heavy atom. The van der Waals surface area contributed by atoms with Crippen LogP contribution in [0, 0.1) is 0 Å². The third-order valence-electron chi connectivity index (χ3n) is 4.62. The molecular formula is C22H50O6S2Si2. The van der Waals surface area contributed by atoms with Gasteiger partial charge in [-0.3, -0.25) is 0 Å². The predicted molar refractivity (Wildman–Crippen MR) is 144 cm³/mol. The van der Waals surface area contributed by atoms with Gasteiger partial charge in [0.1, 0.15) is 0 Å². The van der Waals surface area contributed by atoms with Gasteiger partial charge in [0, 0.05) is 51.7 Å². The van der Waals surface area contributed by atoms with Crippen molar-refractivity contribution in [3.8, 4) is 0 Å². The van der Waals surface area contributed by atoms with Crippen LogP contribution >= 0.6 is 23.5 Å². The Morgan fingerprint density at radius 2 is 0.688 bits per heavy atom. The monoisotopic (exact) mass is 530 g/mol. The molecule has 0 aliphatic heterocycles. The SMILES string of the molecule is CCO[Si](CCSCCCCCCSCC[Si](OCC)(OCC)OCC)(OCC)OCC. The van der Waals surface area contributed by atoms with Gasteiger partial charge in [0.25, 0.3) is 0 Å². The molecule has 0 aliphatic carbocycles. The molecule has 6 nitrogen and oxygen atoms in total. The first kappa shape index (κ1) is 32.9. The fourth-order valence-corrected chi connectivity index (χ4v) is 11.7. The maximum Gasteiger partial charge on any atom is 0.501 e. The highest BCUT2D eigenvalue weighted by Gasteiger charge is 2.40. The van der Waals surface area contributed by atoms with Crippen molar-refractivity contribution >= 4 is 41.1 Å². The van der Waals surface area contributed by atoms with Crippen molar-refractivity contribution in [1.82, 2.24) is 0 Å². The van der Waals surface area contributed by atoms with Crippen LogP contribution in [0.25, 0.3) is 0 Å². The second-order valence-electron chi connectivity index (χ2n) is 7.10. The summed E-state index contributed by atoms with van der Waals surface area (Å²) in [4.78, 5) is 0. The van der Waals surface area contributed by atoms with Crippen LogP contribution in [0.1, 0.15) is 67.2 Å². The topological polar surface area (TPSA) is 55.4 Å². The first-order valence-corrected chi connectivity index (χ1v) is 18.7. The van der Waals surface area contributed by atoms with E-state index in [1.54, 1.807) is 0 Å². The molecule has 0 aromatic heterocycles. The van der Waals surface area contributed by atoms with E-state index in [1.807, 2.05) is 65.1 Å². The van der Waals surface area contributed by atoms with Crippen molar-refractivity contribution in [1.29, 1.82) is 0 Å². The molecule has 0 unspecified atom stereocenters. The molecule has 0 saturated heterocycles. The minimum atomic E-state index is -2.47. The van der Waals surface area contributed by atoms with Crippen molar-refractivity contribution in [2.24, 2.45) is 0 Å². The molecule has 0 amide bonds. The lowest BCUT2D eigenvalue weighted by molar-refractivity contribution is 0.0720. The van der Waals surface area contributed by atoms with Crippen LogP contribution in [-0.2, 0) is 26.6 Å². The Bertz CT molecular complexity index is 341. The lowest BCUT2D eigenvalue weighted by Crippen LogP contribution is -2.46. The van der Waals surface area contributed by atoms with E-state index < -0.39 is 17.6 Å². The van der Waals surface area contributed by atoms with E-state index in [2.05, 4.69) is 0 Å². The molecule has 0 rings (SSSR count). The summed E-state index contributed by atoms with van der Waals surface area (Å²) < 4.78 is 35.5. The molecule has 0 aliphatic rings. The minimum absolute atomic E-state index is 0.654. The van der Waals surface area contributed by atoms with Crippen LogP contribution in [0.3, 0.4) is 0 Å². The second-order valence-corrected chi connectivity index (χ2v) is 15.0. The van der Waals surface area contributed by atoms with Crippen molar-refractivity contribution in [3.63, 3.8) is 0 Å². The Hall–Kier alpha value is 0.894. The van der Waals surface area contributed by atoms with Gasteiger partial charge in [-0.2, -0.15) is 23.5 Å². The minimum Gasteiger partial charge on any atom is -0.374 e. The normalized spacial score (nSPS) is 12.6. The van der Waals surface area contributed by atoms with Crippen molar-refractivity contribution < 1.29 is 26.6 Å². The summed E-state index contributed by atoms with van der Waals surface area (Å²) in [5.74, 6) is 4.50. The molecule has 194 valence electrons. The van der Waals surface area contributed by atoms with Crippen molar-refractivity contribution in [2.45, 2.75) is 79.3 Å². The van der Waals surface area contributed by atoms with Gasteiger partial charge in [-0.25, -0.2) is 0 Å². The smallest absolute Gasteiger partial charge is 0.374 e. The van der Waals surface area contributed by atoms with Gasteiger partial charge >= 0.3 is 17.6 Å². The molecule has 0 spiro atoms. The van der Waals surface area contributed by atoms with Gasteiger partial charge in [-0.1, -0.05) is 12.8 Å². The summed E-state index contributed by atoms with van der Waals surface area (Å²) in [7, 11) is -4.93. The maximum absolute atomic E-state index is 5.92. The third kappa shape index (κ3) is 15.7. The lowest BCUT2D eigenvalue weighted by atomic mass is 10.2. The van der Waals surface area contributed by atoms with Crippen LogP contribution in [0.2, 0.25) is 12.1 Å². The average molecular weight is 531 g/mol. The van der Waals surface area contributed by atoms with Crippen molar-refractivity contribution in [2.75, 3.05) is 62.7 Å². The van der Waals surface area contributed by atoms with Gasteiger partial charge in [0.15, 0.2) is 0 Å². The molecule has 0 heterocycles. The van der Waals surface area contributed by atoms with E-state index in [1.165, 1.54) is 37.2 Å². The largest absolute Gasteiger partial charge is 0.501 e. The number of hydrogen-bond acceptors (Lipinski definition) is 8. The molecular weight excluding hydrogens is 481 g/mol. The van der Waals surface area contributed by atoms with E-state index >= 15 is 0 Å². The molecule has 0 radical (unpaired) electrons. The fourth-order valence-electron chi connectivity index (χ4n) is 3.36. The average Bonchev–Trinajstić information content (AvgIpc) is 2.76. The van der Waals surface area contributed by atoms with Crippen LogP contribution in [0.15, 0.2) is 0 Å². The molecule has 32 heavy (non-hydrogen) atoms. The molecule has 0 aromatic rings. The highest BCUT2D eigenvalue weighted by Crippen LogP contribution is 2.22. The third-order valence-corrected chi connectivity index (χ3v) is 13.6. The van der Waals surface area contributed by atoms with E-state index in [9.17, 15) is 0 Å². The van der Waals surface area contributed by atoms with E-state index in [-0.39, 0.29) is 0 Å². The van der Waals surface area contributed by atoms with Crippen LogP contribution in [0.5, 0.6) is 0 Å². The second kappa shape index (κ2) is 22.4. The van der Waals surface area contributed by atoms with Crippen LogP contribution in [0.4, 0.5) is 0 Å². The zero-order valence-corrected chi connectivity index (χ0v) is 25.2. The van der Waals surface area contributed by atoms with Crippen LogP contribution < -0.4 is 0 Å². The number of thioether (sulfide) groups is 2. The van der Waals surface area contributed by atoms with Gasteiger partial charge in [0.2, 0.25) is 0 Å². The number of hydrogen-bond donors (Lipinski definition) is 0. The maximum atomic E-state index is 5.92. The summed E-state index contributed by atoms with van der Waals surface area (Å²) >= 11 is 4.00.